The number of esters is 1. The third kappa shape index (κ3) is 6.36. The maximum absolute atomic E-state index is 13.3. The lowest BCUT2D eigenvalue weighted by Gasteiger charge is -2.18. The Hall–Kier alpha value is -2.78. The Labute approximate surface area is 181 Å². The van der Waals surface area contributed by atoms with E-state index < -0.39 is 24.5 Å². The summed E-state index contributed by atoms with van der Waals surface area (Å²) in [5, 5.41) is 5.22. The summed E-state index contributed by atoms with van der Waals surface area (Å²) in [6, 6.07) is 11.1. The molecule has 1 aromatic carbocycles. The lowest BCUT2D eigenvalue weighted by atomic mass is 10.1. The van der Waals surface area contributed by atoms with Gasteiger partial charge in [-0.05, 0) is 49.1 Å². The Morgan fingerprint density at radius 3 is 2.50 bits per heavy atom. The highest BCUT2D eigenvalue weighted by Gasteiger charge is 2.19. The third-order valence-electron chi connectivity index (χ3n) is 3.98. The molecule has 1 N–H and O–H groups in total. The molecule has 0 fully saturated rings. The van der Waals surface area contributed by atoms with Gasteiger partial charge in [-0.25, -0.2) is 14.4 Å². The molecule has 9 heteroatoms. The van der Waals surface area contributed by atoms with Gasteiger partial charge in [0, 0.05) is 16.3 Å². The minimum absolute atomic E-state index is 0.00247. The van der Waals surface area contributed by atoms with Crippen LogP contribution in [0.3, 0.4) is 0 Å². The van der Waals surface area contributed by atoms with Crippen LogP contribution >= 0.6 is 23.1 Å². The number of benzene rings is 1. The lowest BCUT2D eigenvalue weighted by molar-refractivity contribution is -0.146. The first-order chi connectivity index (χ1) is 14.4. The number of ether oxygens (including phenoxy) is 1. The summed E-state index contributed by atoms with van der Waals surface area (Å²) < 4.78 is 18.3. The molecule has 1 atom stereocenters. The average Bonchev–Trinajstić information content (AvgIpc) is 3.23. The SMILES string of the molecule is Cc1cc(C)nc(SCC(=O)OCC(=O)NC(c2ccc(F)cc2)c2cccs2)n1. The van der Waals surface area contributed by atoms with E-state index in [0.29, 0.717) is 5.16 Å². The van der Waals surface area contributed by atoms with Crippen molar-refractivity contribution in [3.8, 4) is 0 Å². The highest BCUT2D eigenvalue weighted by atomic mass is 32.2. The molecule has 2 aromatic heterocycles. The molecule has 156 valence electrons. The van der Waals surface area contributed by atoms with Crippen LogP contribution in [0.1, 0.15) is 27.9 Å². The summed E-state index contributed by atoms with van der Waals surface area (Å²) in [4.78, 5) is 33.8. The van der Waals surface area contributed by atoms with Crippen molar-refractivity contribution >= 4 is 35.0 Å². The number of aryl methyl sites for hydroxylation is 2. The van der Waals surface area contributed by atoms with E-state index in [9.17, 15) is 14.0 Å². The molecule has 6 nitrogen and oxygen atoms in total. The topological polar surface area (TPSA) is 81.2 Å². The van der Waals surface area contributed by atoms with Gasteiger partial charge in [0.15, 0.2) is 11.8 Å². The van der Waals surface area contributed by atoms with E-state index >= 15 is 0 Å². The normalized spacial score (nSPS) is 11.7. The zero-order valence-electron chi connectivity index (χ0n) is 16.4. The van der Waals surface area contributed by atoms with Crippen LogP contribution in [0.25, 0.3) is 0 Å². The van der Waals surface area contributed by atoms with E-state index in [-0.39, 0.29) is 11.6 Å². The van der Waals surface area contributed by atoms with Gasteiger partial charge in [0.25, 0.3) is 5.91 Å². The maximum Gasteiger partial charge on any atom is 0.316 e. The molecule has 0 aliphatic carbocycles. The van der Waals surface area contributed by atoms with Gasteiger partial charge in [-0.1, -0.05) is 30.0 Å². The van der Waals surface area contributed by atoms with Crippen LogP contribution in [-0.2, 0) is 14.3 Å². The van der Waals surface area contributed by atoms with Crippen molar-refractivity contribution in [1.82, 2.24) is 15.3 Å². The number of rotatable bonds is 8. The number of amides is 1. The van der Waals surface area contributed by atoms with Gasteiger partial charge < -0.3 is 10.1 Å². The lowest BCUT2D eigenvalue weighted by Crippen LogP contribution is -2.33. The number of hydrogen-bond acceptors (Lipinski definition) is 7. The predicted molar refractivity (Wildman–Crippen MR) is 114 cm³/mol. The minimum atomic E-state index is -0.535. The summed E-state index contributed by atoms with van der Waals surface area (Å²) in [5.41, 5.74) is 2.37. The quantitative estimate of drug-likeness (QED) is 0.322. The molecule has 1 unspecified atom stereocenters. The maximum atomic E-state index is 13.3. The largest absolute Gasteiger partial charge is 0.455 e. The Balaban J connectivity index is 1.54. The van der Waals surface area contributed by atoms with Crippen molar-refractivity contribution < 1.29 is 18.7 Å². The fourth-order valence-electron chi connectivity index (χ4n) is 2.70. The van der Waals surface area contributed by atoms with Crippen molar-refractivity contribution in [3.63, 3.8) is 0 Å². The van der Waals surface area contributed by atoms with Crippen LogP contribution in [-0.4, -0.2) is 34.2 Å². The number of thiophene rings is 1. The standard InChI is InChI=1S/C21H20FN3O3S2/c1-13-10-14(2)24-21(23-13)30-12-19(27)28-11-18(26)25-20(17-4-3-9-29-17)15-5-7-16(22)8-6-15/h3-10,20H,11-12H2,1-2H3,(H,25,26). The molecule has 3 rings (SSSR count). The molecule has 0 radical (unpaired) electrons. The summed E-state index contributed by atoms with van der Waals surface area (Å²) in [6.07, 6.45) is 0. The molecule has 0 spiro atoms. The number of nitrogens with zero attached hydrogens (tertiary/aromatic N) is 2. The number of aromatic nitrogens is 2. The summed E-state index contributed by atoms with van der Waals surface area (Å²) in [7, 11) is 0. The number of halogens is 1. The first-order valence-electron chi connectivity index (χ1n) is 9.09. The first kappa shape index (κ1) is 21.9. The second kappa shape index (κ2) is 10.3. The average molecular weight is 446 g/mol. The van der Waals surface area contributed by atoms with Crippen LogP contribution in [0.4, 0.5) is 4.39 Å². The molecule has 30 heavy (non-hydrogen) atoms. The fraction of sp³-hybridized carbons (Fsp3) is 0.238. The summed E-state index contributed by atoms with van der Waals surface area (Å²) in [5.74, 6) is -1.33. The molecule has 1 amide bonds. The van der Waals surface area contributed by atoms with Gasteiger partial charge in [-0.15, -0.1) is 11.3 Å². The molecule has 0 aliphatic rings. The number of thioether (sulfide) groups is 1. The summed E-state index contributed by atoms with van der Waals surface area (Å²) >= 11 is 2.63. The van der Waals surface area contributed by atoms with E-state index in [0.717, 1.165) is 33.6 Å². The number of nitrogens with one attached hydrogen (secondary N) is 1. The molecule has 0 saturated heterocycles. The first-order valence-corrected chi connectivity index (χ1v) is 11.0. The Bertz CT molecular complexity index is 991. The number of carbonyl (C=O) groups excluding carboxylic acids is 2. The van der Waals surface area contributed by atoms with Crippen LogP contribution < -0.4 is 5.32 Å². The number of carbonyl (C=O) groups is 2. The van der Waals surface area contributed by atoms with E-state index in [2.05, 4.69) is 15.3 Å². The fourth-order valence-corrected chi connectivity index (χ4v) is 4.25. The molecule has 0 aliphatic heterocycles. The molecule has 0 saturated carbocycles. The second-order valence-electron chi connectivity index (χ2n) is 6.45. The smallest absolute Gasteiger partial charge is 0.316 e. The van der Waals surface area contributed by atoms with Crippen LogP contribution in [0, 0.1) is 19.7 Å². The summed E-state index contributed by atoms with van der Waals surface area (Å²) in [6.45, 7) is 3.30. The van der Waals surface area contributed by atoms with Gasteiger partial charge in [0.1, 0.15) is 5.82 Å². The van der Waals surface area contributed by atoms with E-state index in [1.165, 1.54) is 23.5 Å². The number of hydrogen-bond donors (Lipinski definition) is 1. The van der Waals surface area contributed by atoms with E-state index in [1.807, 2.05) is 37.4 Å². The minimum Gasteiger partial charge on any atom is -0.455 e. The van der Waals surface area contributed by atoms with Crippen molar-refractivity contribution in [2.45, 2.75) is 25.0 Å². The zero-order chi connectivity index (χ0) is 21.5. The zero-order valence-corrected chi connectivity index (χ0v) is 18.1. The highest BCUT2D eigenvalue weighted by molar-refractivity contribution is 7.99. The Morgan fingerprint density at radius 2 is 1.87 bits per heavy atom. The van der Waals surface area contributed by atoms with Crippen molar-refractivity contribution in [2.75, 3.05) is 12.4 Å². The van der Waals surface area contributed by atoms with Gasteiger partial charge in [-0.2, -0.15) is 0 Å². The Kier molecular flexibility index (Phi) is 7.53. The molecule has 2 heterocycles. The monoisotopic (exact) mass is 445 g/mol. The third-order valence-corrected chi connectivity index (χ3v) is 5.74. The second-order valence-corrected chi connectivity index (χ2v) is 8.37. The van der Waals surface area contributed by atoms with Gasteiger partial charge >= 0.3 is 5.97 Å². The van der Waals surface area contributed by atoms with Crippen LogP contribution in [0.5, 0.6) is 0 Å². The van der Waals surface area contributed by atoms with Crippen molar-refractivity contribution in [1.29, 1.82) is 0 Å². The Morgan fingerprint density at radius 1 is 1.17 bits per heavy atom. The van der Waals surface area contributed by atoms with Crippen LogP contribution in [0.2, 0.25) is 0 Å². The van der Waals surface area contributed by atoms with Gasteiger partial charge in [-0.3, -0.25) is 9.59 Å². The molecular formula is C21H20FN3O3S2. The van der Waals surface area contributed by atoms with E-state index in [4.69, 9.17) is 4.74 Å². The van der Waals surface area contributed by atoms with E-state index in [1.54, 1.807) is 12.1 Å². The highest BCUT2D eigenvalue weighted by Crippen LogP contribution is 2.26. The molecule has 0 bridgehead atoms. The van der Waals surface area contributed by atoms with Gasteiger partial charge in [0.05, 0.1) is 11.8 Å². The van der Waals surface area contributed by atoms with Crippen molar-refractivity contribution in [3.05, 3.63) is 75.5 Å². The molecular weight excluding hydrogens is 425 g/mol. The van der Waals surface area contributed by atoms with Crippen LogP contribution in [0.15, 0.2) is 53.0 Å². The van der Waals surface area contributed by atoms with Gasteiger partial charge in [0.2, 0.25) is 0 Å². The van der Waals surface area contributed by atoms with Crippen molar-refractivity contribution in [2.24, 2.45) is 0 Å². The molecule has 3 aromatic rings. The predicted octanol–water partition coefficient (Wildman–Crippen LogP) is 3.84.